The lowest BCUT2D eigenvalue weighted by molar-refractivity contribution is 0.0705. The number of aryl methyl sites for hydroxylation is 2. The molecule has 2 saturated heterocycles. The van der Waals surface area contributed by atoms with Crippen LogP contribution in [0.3, 0.4) is 0 Å². The second-order valence-corrected chi connectivity index (χ2v) is 10.3. The third-order valence-corrected chi connectivity index (χ3v) is 8.11. The summed E-state index contributed by atoms with van der Waals surface area (Å²) in [6.45, 7) is 3.40. The predicted octanol–water partition coefficient (Wildman–Crippen LogP) is 2.95. The molecule has 0 amide bonds. The molecule has 1 aromatic carbocycles. The van der Waals surface area contributed by atoms with Crippen molar-refractivity contribution in [1.29, 1.82) is 0 Å². The van der Waals surface area contributed by atoms with Crippen molar-refractivity contribution in [2.45, 2.75) is 51.0 Å². The Morgan fingerprint density at radius 2 is 1.94 bits per heavy atom. The van der Waals surface area contributed by atoms with Crippen LogP contribution >= 0.6 is 12.2 Å². The molecule has 4 aliphatic rings. The summed E-state index contributed by atoms with van der Waals surface area (Å²) in [5, 5.41) is 13.3. The average molecular weight is 442 g/mol. The number of hydrazine groups is 1. The van der Waals surface area contributed by atoms with Crippen LogP contribution in [0, 0.1) is 5.92 Å². The quantitative estimate of drug-likeness (QED) is 0.524. The minimum absolute atomic E-state index is 0.364. The Balaban J connectivity index is 1.12. The normalized spacial score (nSPS) is 25.3. The van der Waals surface area contributed by atoms with Crippen LogP contribution in [0.2, 0.25) is 0 Å². The topological polar surface area (TPSA) is 72.6 Å². The van der Waals surface area contributed by atoms with Gasteiger partial charge < -0.3 is 14.4 Å². The van der Waals surface area contributed by atoms with Gasteiger partial charge in [-0.2, -0.15) is 9.40 Å². The number of benzene rings is 1. The Hall–Kier alpha value is -1.81. The van der Waals surface area contributed by atoms with Gasteiger partial charge in [0.25, 0.3) is 0 Å². The molecule has 31 heavy (non-hydrogen) atoms. The number of fused-ring (bicyclic) bond motifs is 3. The van der Waals surface area contributed by atoms with Crippen molar-refractivity contribution in [3.05, 3.63) is 28.3 Å². The van der Waals surface area contributed by atoms with Crippen LogP contribution in [0.25, 0.3) is 0 Å². The van der Waals surface area contributed by atoms with Crippen molar-refractivity contribution < 1.29 is 4.18 Å². The Morgan fingerprint density at radius 1 is 1.16 bits per heavy atom. The molecule has 2 N–H and O–H groups in total. The van der Waals surface area contributed by atoms with Crippen LogP contribution in [0.4, 0.5) is 11.6 Å². The smallest absolute Gasteiger partial charge is 0.350 e. The molecule has 166 valence electrons. The molecule has 2 aliphatic heterocycles. The van der Waals surface area contributed by atoms with E-state index in [1.807, 2.05) is 0 Å². The Labute approximate surface area is 188 Å². The molecular weight excluding hydrogens is 410 g/mol. The molecule has 9 heteroatoms. The number of hydrogen-bond donors (Lipinski definition) is 2. The molecule has 0 radical (unpaired) electrons. The Kier molecular flexibility index (Phi) is 5.09. The summed E-state index contributed by atoms with van der Waals surface area (Å²) in [5.74, 6) is 1.42. The lowest BCUT2D eigenvalue weighted by Crippen LogP contribution is -2.42. The van der Waals surface area contributed by atoms with E-state index in [2.05, 4.69) is 55.0 Å². The first-order valence-corrected chi connectivity index (χ1v) is 12.2. The zero-order chi connectivity index (χ0) is 20.9. The second-order valence-electron chi connectivity index (χ2n) is 9.45. The molecule has 6 rings (SSSR count). The summed E-state index contributed by atoms with van der Waals surface area (Å²) in [5.41, 5.74) is 7.23. The molecular formula is C22H31N7OS. The number of likely N-dealkylation sites (tertiary alicyclic amines) is 1. The number of rotatable bonds is 6. The van der Waals surface area contributed by atoms with Crippen LogP contribution in [-0.2, 0) is 25.7 Å². The van der Waals surface area contributed by atoms with E-state index in [1.165, 1.54) is 78.8 Å². The minimum atomic E-state index is 0.364. The van der Waals surface area contributed by atoms with Gasteiger partial charge in [0, 0.05) is 38.4 Å². The van der Waals surface area contributed by atoms with Crippen molar-refractivity contribution in [2.75, 3.05) is 39.0 Å². The van der Waals surface area contributed by atoms with Crippen LogP contribution in [-0.4, -0.2) is 69.3 Å². The number of likely N-dealkylation sites (N-methyl/N-ethyl adjacent to an activating group) is 1. The van der Waals surface area contributed by atoms with Gasteiger partial charge in [-0.25, -0.2) is 10.1 Å². The Bertz CT molecular complexity index is 947. The molecule has 8 nitrogen and oxygen atoms in total. The lowest BCUT2D eigenvalue weighted by atomic mass is 9.99. The standard InChI is InChI=1S/C22H31N7OS/c1-27-12-16-9-10-29(19(16)13-27)28(2)31-30-22-24-21(25-26-22)23-20-17-7-3-5-14(17)11-15-6-4-8-18(15)20/h11,16,19H,3-10,12-13H2,1-2H3,(H2,23,24,25,26). The highest BCUT2D eigenvalue weighted by molar-refractivity contribution is 7.92. The summed E-state index contributed by atoms with van der Waals surface area (Å²) in [7, 11) is 4.27. The van der Waals surface area contributed by atoms with Gasteiger partial charge in [0.1, 0.15) is 0 Å². The zero-order valence-electron chi connectivity index (χ0n) is 18.4. The molecule has 0 bridgehead atoms. The molecule has 0 saturated carbocycles. The number of hydrogen-bond acceptors (Lipinski definition) is 8. The van der Waals surface area contributed by atoms with Gasteiger partial charge in [-0.1, -0.05) is 6.07 Å². The van der Waals surface area contributed by atoms with Crippen LogP contribution in [0.5, 0.6) is 6.01 Å². The highest BCUT2D eigenvalue weighted by Gasteiger charge is 2.42. The number of nitrogens with zero attached hydrogens (tertiary/aromatic N) is 5. The first kappa shape index (κ1) is 19.8. The van der Waals surface area contributed by atoms with E-state index < -0.39 is 0 Å². The van der Waals surface area contributed by atoms with Gasteiger partial charge in [0.05, 0.1) is 0 Å². The van der Waals surface area contributed by atoms with Crippen molar-refractivity contribution in [1.82, 2.24) is 29.5 Å². The number of aromatic amines is 1. The number of nitrogens with one attached hydrogen (secondary N) is 2. The van der Waals surface area contributed by atoms with Gasteiger partial charge in [-0.15, -0.1) is 5.10 Å². The van der Waals surface area contributed by atoms with E-state index >= 15 is 0 Å². The fraction of sp³-hybridized carbons (Fsp3) is 0.636. The highest BCUT2D eigenvalue weighted by Crippen LogP contribution is 2.40. The van der Waals surface area contributed by atoms with E-state index in [1.54, 1.807) is 0 Å². The van der Waals surface area contributed by atoms with Gasteiger partial charge in [-0.05, 0) is 80.2 Å². The predicted molar refractivity (Wildman–Crippen MR) is 122 cm³/mol. The van der Waals surface area contributed by atoms with E-state index in [0.717, 1.165) is 31.8 Å². The third kappa shape index (κ3) is 3.61. The van der Waals surface area contributed by atoms with Gasteiger partial charge >= 0.3 is 6.01 Å². The first-order chi connectivity index (χ1) is 15.2. The zero-order valence-corrected chi connectivity index (χ0v) is 19.2. The van der Waals surface area contributed by atoms with Crippen molar-refractivity contribution in [3.63, 3.8) is 0 Å². The number of aromatic nitrogens is 3. The highest BCUT2D eigenvalue weighted by atomic mass is 32.2. The van der Waals surface area contributed by atoms with Crippen LogP contribution in [0.1, 0.15) is 41.5 Å². The lowest BCUT2D eigenvalue weighted by Gasteiger charge is -2.30. The Morgan fingerprint density at radius 3 is 2.71 bits per heavy atom. The van der Waals surface area contributed by atoms with Crippen molar-refractivity contribution in [2.24, 2.45) is 5.92 Å². The summed E-state index contributed by atoms with van der Waals surface area (Å²) >= 11 is 1.30. The van der Waals surface area contributed by atoms with E-state index in [4.69, 9.17) is 4.18 Å². The molecule has 1 aromatic heterocycles. The minimum Gasteiger partial charge on any atom is -0.370 e. The summed E-state index contributed by atoms with van der Waals surface area (Å²) in [6, 6.07) is 3.39. The van der Waals surface area contributed by atoms with E-state index in [9.17, 15) is 0 Å². The first-order valence-electron chi connectivity index (χ1n) is 11.5. The summed E-state index contributed by atoms with van der Waals surface area (Å²) < 4.78 is 7.95. The maximum atomic E-state index is 5.85. The summed E-state index contributed by atoms with van der Waals surface area (Å²) in [4.78, 5) is 6.98. The molecule has 2 aromatic rings. The number of H-pyrrole nitrogens is 1. The van der Waals surface area contributed by atoms with E-state index in [-0.39, 0.29) is 0 Å². The average Bonchev–Trinajstić information content (AvgIpc) is 3.54. The second kappa shape index (κ2) is 7.95. The molecule has 2 aliphatic carbocycles. The number of anilines is 2. The largest absolute Gasteiger partial charge is 0.370 e. The maximum absolute atomic E-state index is 5.85. The van der Waals surface area contributed by atoms with Gasteiger partial charge in [-0.3, -0.25) is 0 Å². The molecule has 0 spiro atoms. The van der Waals surface area contributed by atoms with Crippen molar-refractivity contribution >= 4 is 23.9 Å². The monoisotopic (exact) mass is 441 g/mol. The maximum Gasteiger partial charge on any atom is 0.350 e. The van der Waals surface area contributed by atoms with E-state index in [0.29, 0.717) is 18.0 Å². The summed E-state index contributed by atoms with van der Waals surface area (Å²) in [6.07, 6.45) is 8.43. The SMILES string of the molecule is CN1CC2CCN(N(C)SOc3n[nH]c(Nc4c5c(cc6c4CCC6)CCC5)n3)C2C1. The molecule has 2 atom stereocenters. The fourth-order valence-corrected chi connectivity index (χ4v) is 6.59. The molecule has 2 unspecified atom stereocenters. The fourth-order valence-electron chi connectivity index (χ4n) is 6.06. The van der Waals surface area contributed by atoms with Crippen LogP contribution < -0.4 is 9.50 Å². The third-order valence-electron chi connectivity index (χ3n) is 7.46. The van der Waals surface area contributed by atoms with Crippen molar-refractivity contribution in [3.8, 4) is 6.01 Å². The molecule has 3 heterocycles. The van der Waals surface area contributed by atoms with Crippen LogP contribution in [0.15, 0.2) is 6.07 Å². The van der Waals surface area contributed by atoms with Gasteiger partial charge in [0.2, 0.25) is 5.95 Å². The van der Waals surface area contributed by atoms with Gasteiger partial charge in [0.15, 0.2) is 12.2 Å². The molecule has 2 fully saturated rings.